The number of anilines is 1. The minimum absolute atomic E-state index is 0.423. The van der Waals surface area contributed by atoms with Crippen molar-refractivity contribution in [1.29, 1.82) is 0 Å². The summed E-state index contributed by atoms with van der Waals surface area (Å²) in [5.41, 5.74) is 7.25. The molecule has 2 aromatic rings. The largest absolute Gasteiger partial charge is 0.352 e. The van der Waals surface area contributed by atoms with Crippen molar-refractivity contribution in [3.8, 4) is 0 Å². The first-order valence-electron chi connectivity index (χ1n) is 6.89. The van der Waals surface area contributed by atoms with Gasteiger partial charge in [-0.2, -0.15) is 0 Å². The number of piperidine rings is 1. The molecule has 1 aliphatic heterocycles. The molecule has 0 amide bonds. The van der Waals surface area contributed by atoms with Crippen LogP contribution in [0.5, 0.6) is 0 Å². The quantitative estimate of drug-likeness (QED) is 0.916. The Bertz CT molecular complexity index is 592. The van der Waals surface area contributed by atoms with Crippen molar-refractivity contribution in [2.24, 2.45) is 5.73 Å². The maximum absolute atomic E-state index is 5.94. The molecule has 5 heteroatoms. The van der Waals surface area contributed by atoms with Gasteiger partial charge in [-0.1, -0.05) is 0 Å². The van der Waals surface area contributed by atoms with Gasteiger partial charge >= 0.3 is 0 Å². The van der Waals surface area contributed by atoms with E-state index in [-0.39, 0.29) is 0 Å². The highest BCUT2D eigenvalue weighted by Gasteiger charge is 2.25. The molecule has 1 saturated heterocycles. The second-order valence-corrected chi connectivity index (χ2v) is 6.44. The van der Waals surface area contributed by atoms with Crippen molar-refractivity contribution < 1.29 is 0 Å². The van der Waals surface area contributed by atoms with Crippen LogP contribution in [0.1, 0.15) is 29.7 Å². The Morgan fingerprint density at radius 3 is 3.00 bits per heavy atom. The van der Waals surface area contributed by atoms with Gasteiger partial charge in [0.05, 0.1) is 5.39 Å². The van der Waals surface area contributed by atoms with Gasteiger partial charge in [-0.05, 0) is 38.7 Å². The van der Waals surface area contributed by atoms with Crippen LogP contribution in [0.3, 0.4) is 0 Å². The van der Waals surface area contributed by atoms with Crippen molar-refractivity contribution in [2.45, 2.75) is 39.2 Å². The van der Waals surface area contributed by atoms with Crippen molar-refractivity contribution >= 4 is 27.4 Å². The lowest BCUT2D eigenvalue weighted by Gasteiger charge is -2.36. The summed E-state index contributed by atoms with van der Waals surface area (Å²) in [5.74, 6) is 1.09. The fourth-order valence-corrected chi connectivity index (χ4v) is 3.90. The molecule has 1 fully saturated rings. The van der Waals surface area contributed by atoms with Crippen molar-refractivity contribution in [2.75, 3.05) is 18.0 Å². The Morgan fingerprint density at radius 1 is 1.37 bits per heavy atom. The molecule has 0 saturated carbocycles. The van der Waals surface area contributed by atoms with Gasteiger partial charge in [-0.15, -0.1) is 11.3 Å². The summed E-state index contributed by atoms with van der Waals surface area (Å²) < 4.78 is 0. The first-order chi connectivity index (χ1) is 9.22. The number of fused-ring (bicyclic) bond motifs is 1. The van der Waals surface area contributed by atoms with Crippen LogP contribution in [-0.4, -0.2) is 29.1 Å². The molecule has 0 aliphatic carbocycles. The van der Waals surface area contributed by atoms with Gasteiger partial charge < -0.3 is 10.6 Å². The van der Waals surface area contributed by atoms with Gasteiger partial charge in [0.15, 0.2) is 0 Å². The van der Waals surface area contributed by atoms with E-state index in [9.17, 15) is 0 Å². The van der Waals surface area contributed by atoms with Gasteiger partial charge in [0.1, 0.15) is 17.0 Å². The van der Waals surface area contributed by atoms with E-state index in [4.69, 9.17) is 5.73 Å². The van der Waals surface area contributed by atoms with Crippen LogP contribution in [0.25, 0.3) is 10.2 Å². The fraction of sp³-hybridized carbons (Fsp3) is 0.571. The summed E-state index contributed by atoms with van der Waals surface area (Å²) in [4.78, 5) is 13.8. The summed E-state index contributed by atoms with van der Waals surface area (Å²) in [6.45, 7) is 6.08. The predicted octanol–water partition coefficient (Wildman–Crippen LogP) is 2.63. The fourth-order valence-electron chi connectivity index (χ4n) is 2.91. The Hall–Kier alpha value is -1.20. The number of nitrogens with zero attached hydrogens (tertiary/aromatic N) is 3. The molecular formula is C14H20N4S. The third kappa shape index (κ3) is 2.11. The third-order valence-electron chi connectivity index (χ3n) is 4.12. The lowest BCUT2D eigenvalue weighted by atomic mass is 10.0. The highest BCUT2D eigenvalue weighted by Crippen LogP contribution is 2.36. The molecule has 1 unspecified atom stereocenters. The van der Waals surface area contributed by atoms with Gasteiger partial charge in [0, 0.05) is 24.0 Å². The molecule has 2 N–H and O–H groups in total. The van der Waals surface area contributed by atoms with Crippen molar-refractivity contribution in [1.82, 2.24) is 9.97 Å². The smallest absolute Gasteiger partial charge is 0.141 e. The van der Waals surface area contributed by atoms with E-state index in [0.717, 1.165) is 17.2 Å². The van der Waals surface area contributed by atoms with Gasteiger partial charge in [-0.25, -0.2) is 9.97 Å². The maximum Gasteiger partial charge on any atom is 0.141 e. The average molecular weight is 276 g/mol. The standard InChI is InChI=1S/C14H20N4S/c1-9-10(2)19-14-12(9)13(16-8-17-14)18-6-4-3-5-11(18)7-15/h8,11H,3-7,15H2,1-2H3. The van der Waals surface area contributed by atoms with Crippen LogP contribution in [0, 0.1) is 13.8 Å². The minimum atomic E-state index is 0.423. The number of hydrogen-bond donors (Lipinski definition) is 1. The van der Waals surface area contributed by atoms with Crippen LogP contribution in [0.4, 0.5) is 5.82 Å². The molecule has 0 spiro atoms. The summed E-state index contributed by atoms with van der Waals surface area (Å²) in [6.07, 6.45) is 5.36. The Labute approximate surface area is 117 Å². The molecule has 4 nitrogen and oxygen atoms in total. The van der Waals surface area contributed by atoms with E-state index < -0.39 is 0 Å². The molecule has 1 atom stereocenters. The topological polar surface area (TPSA) is 55.0 Å². The highest BCUT2D eigenvalue weighted by atomic mass is 32.1. The summed E-state index contributed by atoms with van der Waals surface area (Å²) in [6, 6.07) is 0.423. The van der Waals surface area contributed by atoms with E-state index in [1.165, 1.54) is 35.1 Å². The van der Waals surface area contributed by atoms with Gasteiger partial charge in [0.25, 0.3) is 0 Å². The molecule has 102 valence electrons. The van der Waals surface area contributed by atoms with Crippen molar-refractivity contribution in [3.05, 3.63) is 16.8 Å². The molecule has 19 heavy (non-hydrogen) atoms. The zero-order chi connectivity index (χ0) is 13.4. The maximum atomic E-state index is 5.94. The molecule has 0 aromatic carbocycles. The lowest BCUT2D eigenvalue weighted by molar-refractivity contribution is 0.463. The van der Waals surface area contributed by atoms with Gasteiger partial charge in [0.2, 0.25) is 0 Å². The van der Waals surface area contributed by atoms with Crippen LogP contribution in [0.15, 0.2) is 6.33 Å². The van der Waals surface area contributed by atoms with Crippen LogP contribution in [-0.2, 0) is 0 Å². The SMILES string of the molecule is Cc1sc2ncnc(N3CCCCC3CN)c2c1C. The Balaban J connectivity index is 2.13. The second kappa shape index (κ2) is 5.06. The van der Waals surface area contributed by atoms with Crippen LogP contribution < -0.4 is 10.6 Å². The van der Waals surface area contributed by atoms with E-state index in [1.54, 1.807) is 17.7 Å². The van der Waals surface area contributed by atoms with Crippen LogP contribution in [0.2, 0.25) is 0 Å². The third-order valence-corrected chi connectivity index (χ3v) is 5.23. The first kappa shape index (κ1) is 12.8. The number of aromatic nitrogens is 2. The zero-order valence-electron chi connectivity index (χ0n) is 11.5. The monoisotopic (exact) mass is 276 g/mol. The number of thiophene rings is 1. The average Bonchev–Trinajstić information content (AvgIpc) is 2.74. The van der Waals surface area contributed by atoms with Crippen molar-refractivity contribution in [3.63, 3.8) is 0 Å². The summed E-state index contributed by atoms with van der Waals surface area (Å²) >= 11 is 1.76. The summed E-state index contributed by atoms with van der Waals surface area (Å²) in [5, 5.41) is 1.23. The van der Waals surface area contributed by atoms with E-state index in [2.05, 4.69) is 28.7 Å². The lowest BCUT2D eigenvalue weighted by Crippen LogP contribution is -2.44. The zero-order valence-corrected chi connectivity index (χ0v) is 12.3. The molecule has 0 bridgehead atoms. The summed E-state index contributed by atoms with van der Waals surface area (Å²) in [7, 11) is 0. The molecule has 1 aliphatic rings. The highest BCUT2D eigenvalue weighted by molar-refractivity contribution is 7.18. The predicted molar refractivity (Wildman–Crippen MR) is 80.9 cm³/mol. The molecule has 2 aromatic heterocycles. The van der Waals surface area contributed by atoms with Gasteiger partial charge in [-0.3, -0.25) is 0 Å². The Morgan fingerprint density at radius 2 is 2.21 bits per heavy atom. The second-order valence-electron chi connectivity index (χ2n) is 5.24. The van der Waals surface area contributed by atoms with E-state index >= 15 is 0 Å². The van der Waals surface area contributed by atoms with E-state index in [1.807, 2.05) is 0 Å². The first-order valence-corrected chi connectivity index (χ1v) is 7.71. The molecule has 3 heterocycles. The van der Waals surface area contributed by atoms with E-state index in [0.29, 0.717) is 12.6 Å². The molecule has 0 radical (unpaired) electrons. The number of rotatable bonds is 2. The Kier molecular flexibility index (Phi) is 3.41. The molecular weight excluding hydrogens is 256 g/mol. The van der Waals surface area contributed by atoms with Crippen LogP contribution >= 0.6 is 11.3 Å². The minimum Gasteiger partial charge on any atom is -0.352 e. The number of aryl methyl sites for hydroxylation is 2. The molecule has 3 rings (SSSR count). The normalized spacial score (nSPS) is 20.2. The number of nitrogens with two attached hydrogens (primary N) is 1. The number of hydrogen-bond acceptors (Lipinski definition) is 5.